The van der Waals surface area contributed by atoms with Gasteiger partial charge >= 0.3 is 6.55 Å². The molecule has 0 aliphatic heterocycles. The van der Waals surface area contributed by atoms with E-state index in [1.165, 1.54) is 12.1 Å². The van der Waals surface area contributed by atoms with Crippen LogP contribution in [-0.4, -0.2) is 20.0 Å². The topological polar surface area (TPSA) is 51.9 Å². The summed E-state index contributed by atoms with van der Waals surface area (Å²) in [6.45, 7) is -1.18. The average molecular weight is 308 g/mol. The van der Waals surface area contributed by atoms with Crippen LogP contribution in [0.2, 0.25) is 0 Å². The number of aryl methyl sites for hydroxylation is 2. The zero-order chi connectivity index (χ0) is 15.9. The van der Waals surface area contributed by atoms with Crippen LogP contribution in [0.1, 0.15) is 47.4 Å². The van der Waals surface area contributed by atoms with Gasteiger partial charge in [-0.25, -0.2) is 4.98 Å². The molecule has 1 saturated carbocycles. The molecule has 2 heterocycles. The van der Waals surface area contributed by atoms with Crippen LogP contribution in [0.25, 0.3) is 0 Å². The van der Waals surface area contributed by atoms with Crippen molar-refractivity contribution in [3.63, 3.8) is 0 Å². The van der Waals surface area contributed by atoms with Gasteiger partial charge in [0.25, 0.3) is 5.91 Å². The van der Waals surface area contributed by atoms with Gasteiger partial charge in [0.1, 0.15) is 11.5 Å². The Kier molecular flexibility index (Phi) is 3.72. The first-order chi connectivity index (χ1) is 10.5. The monoisotopic (exact) mass is 308 g/mol. The minimum Gasteiger partial charge on any atom is -0.341 e. The van der Waals surface area contributed by atoms with E-state index >= 15 is 0 Å². The second kappa shape index (κ2) is 5.55. The van der Waals surface area contributed by atoms with Crippen LogP contribution in [0.4, 0.5) is 8.78 Å². The fraction of sp³-hybridized carbons (Fsp3) is 0.467. The molecule has 0 radical (unpaired) electrons. The third-order valence-electron chi connectivity index (χ3n) is 4.07. The van der Waals surface area contributed by atoms with Crippen molar-refractivity contribution in [2.45, 2.75) is 32.4 Å². The second-order valence-electron chi connectivity index (χ2n) is 5.69. The molecule has 1 N–H and O–H groups in total. The molecule has 5 nitrogen and oxygen atoms in total. The molecule has 0 bridgehead atoms. The maximum absolute atomic E-state index is 13.1. The number of carbonyl (C=O) groups excluding carboxylic acids is 1. The van der Waals surface area contributed by atoms with Crippen LogP contribution in [0.5, 0.6) is 0 Å². The van der Waals surface area contributed by atoms with Crippen LogP contribution in [0.15, 0.2) is 24.5 Å². The molecule has 1 amide bonds. The fourth-order valence-electron chi connectivity index (χ4n) is 2.71. The number of alkyl halides is 2. The van der Waals surface area contributed by atoms with E-state index in [0.717, 1.165) is 23.2 Å². The Morgan fingerprint density at radius 1 is 1.41 bits per heavy atom. The van der Waals surface area contributed by atoms with E-state index in [0.29, 0.717) is 11.6 Å². The lowest BCUT2D eigenvalue weighted by Crippen LogP contribution is -2.33. The number of imidazole rings is 1. The van der Waals surface area contributed by atoms with Crippen molar-refractivity contribution >= 4 is 5.91 Å². The Balaban J connectivity index is 1.85. The van der Waals surface area contributed by atoms with E-state index in [-0.39, 0.29) is 11.7 Å². The standard InChI is InChI=1S/C15H18F2N4O/c1-9-3-6-11(21(9)15(16)17)14(22)19-12(10-4-5-10)13-18-7-8-20(13)2/h3,6-8,10,12,15H,4-5H2,1-2H3,(H,19,22). The summed E-state index contributed by atoms with van der Waals surface area (Å²) in [5.74, 6) is 0.581. The number of carbonyl (C=O) groups is 1. The second-order valence-corrected chi connectivity index (χ2v) is 5.69. The molecule has 1 atom stereocenters. The highest BCUT2D eigenvalue weighted by Gasteiger charge is 2.36. The van der Waals surface area contributed by atoms with E-state index in [4.69, 9.17) is 0 Å². The number of hydrogen-bond acceptors (Lipinski definition) is 2. The summed E-state index contributed by atoms with van der Waals surface area (Å²) < 4.78 is 28.8. The van der Waals surface area contributed by atoms with E-state index in [1.807, 2.05) is 17.8 Å². The number of halogens is 2. The predicted molar refractivity (Wildman–Crippen MR) is 76.6 cm³/mol. The molecular formula is C15H18F2N4O. The number of rotatable bonds is 5. The Hall–Kier alpha value is -2.18. The van der Waals surface area contributed by atoms with Gasteiger partial charge in [-0.1, -0.05) is 0 Å². The van der Waals surface area contributed by atoms with Crippen molar-refractivity contribution in [3.8, 4) is 0 Å². The number of nitrogens with one attached hydrogen (secondary N) is 1. The Morgan fingerprint density at radius 3 is 2.68 bits per heavy atom. The normalized spacial score (nSPS) is 16.0. The number of amides is 1. The Labute approximate surface area is 127 Å². The van der Waals surface area contributed by atoms with Gasteiger partial charge in [0, 0.05) is 25.1 Å². The molecule has 1 aliphatic rings. The number of nitrogens with zero attached hydrogens (tertiary/aromatic N) is 3. The smallest absolute Gasteiger partial charge is 0.319 e. The lowest BCUT2D eigenvalue weighted by atomic mass is 10.1. The van der Waals surface area contributed by atoms with E-state index in [9.17, 15) is 13.6 Å². The minimum atomic E-state index is -2.73. The first-order valence-electron chi connectivity index (χ1n) is 7.23. The van der Waals surface area contributed by atoms with Crippen LogP contribution in [0, 0.1) is 12.8 Å². The average Bonchev–Trinajstić information content (AvgIpc) is 3.10. The summed E-state index contributed by atoms with van der Waals surface area (Å²) >= 11 is 0. The van der Waals surface area contributed by atoms with Crippen LogP contribution in [-0.2, 0) is 7.05 Å². The van der Waals surface area contributed by atoms with Gasteiger partial charge in [0.05, 0.1) is 6.04 Å². The highest BCUT2D eigenvalue weighted by Crippen LogP contribution is 2.40. The summed E-state index contributed by atoms with van der Waals surface area (Å²) in [5, 5.41) is 2.87. The van der Waals surface area contributed by atoms with Crippen molar-refractivity contribution in [1.29, 1.82) is 0 Å². The van der Waals surface area contributed by atoms with Crippen molar-refractivity contribution in [2.24, 2.45) is 13.0 Å². The molecule has 3 rings (SSSR count). The van der Waals surface area contributed by atoms with Gasteiger partial charge in [-0.15, -0.1) is 0 Å². The highest BCUT2D eigenvalue weighted by molar-refractivity contribution is 5.93. The SMILES string of the molecule is Cc1ccc(C(=O)NC(c2nccn2C)C2CC2)n1C(F)F. The summed E-state index contributed by atoms with van der Waals surface area (Å²) in [6.07, 6.45) is 5.49. The molecule has 1 aliphatic carbocycles. The van der Waals surface area contributed by atoms with Gasteiger partial charge in [-0.05, 0) is 37.8 Å². The maximum atomic E-state index is 13.1. The molecule has 0 spiro atoms. The van der Waals surface area contributed by atoms with Crippen molar-refractivity contribution in [1.82, 2.24) is 19.4 Å². The van der Waals surface area contributed by atoms with Gasteiger partial charge in [-0.3, -0.25) is 9.36 Å². The van der Waals surface area contributed by atoms with Gasteiger partial charge in [0.15, 0.2) is 0 Å². The molecule has 0 aromatic carbocycles. The van der Waals surface area contributed by atoms with Gasteiger partial charge in [-0.2, -0.15) is 8.78 Å². The molecule has 2 aromatic heterocycles. The van der Waals surface area contributed by atoms with E-state index in [2.05, 4.69) is 10.3 Å². The van der Waals surface area contributed by atoms with Crippen molar-refractivity contribution in [3.05, 3.63) is 41.7 Å². The van der Waals surface area contributed by atoms with Crippen molar-refractivity contribution in [2.75, 3.05) is 0 Å². The fourth-order valence-corrected chi connectivity index (χ4v) is 2.71. The zero-order valence-corrected chi connectivity index (χ0v) is 12.5. The van der Waals surface area contributed by atoms with Crippen LogP contribution >= 0.6 is 0 Å². The molecule has 0 saturated heterocycles. The molecule has 1 fully saturated rings. The van der Waals surface area contributed by atoms with Crippen LogP contribution in [0.3, 0.4) is 0 Å². The number of aromatic nitrogens is 3. The first kappa shape index (κ1) is 14.7. The maximum Gasteiger partial charge on any atom is 0.319 e. The Bertz CT molecular complexity index is 688. The highest BCUT2D eigenvalue weighted by atomic mass is 19.3. The first-order valence-corrected chi connectivity index (χ1v) is 7.23. The van der Waals surface area contributed by atoms with Crippen molar-refractivity contribution < 1.29 is 13.6 Å². The molecule has 1 unspecified atom stereocenters. The lowest BCUT2D eigenvalue weighted by molar-refractivity contribution is 0.0612. The molecular weight excluding hydrogens is 290 g/mol. The Morgan fingerprint density at radius 2 is 2.14 bits per heavy atom. The van der Waals surface area contributed by atoms with Gasteiger partial charge in [0.2, 0.25) is 0 Å². The number of hydrogen-bond donors (Lipinski definition) is 1. The van der Waals surface area contributed by atoms with Crippen LogP contribution < -0.4 is 5.32 Å². The molecule has 22 heavy (non-hydrogen) atoms. The molecule has 7 heteroatoms. The summed E-state index contributed by atoms with van der Waals surface area (Å²) in [6, 6.07) is 2.71. The quantitative estimate of drug-likeness (QED) is 0.923. The third-order valence-corrected chi connectivity index (χ3v) is 4.07. The molecule has 2 aromatic rings. The predicted octanol–water partition coefficient (Wildman–Crippen LogP) is 2.81. The summed E-state index contributed by atoms with van der Waals surface area (Å²) in [7, 11) is 1.86. The lowest BCUT2D eigenvalue weighted by Gasteiger charge is -2.19. The summed E-state index contributed by atoms with van der Waals surface area (Å²) in [4.78, 5) is 16.7. The minimum absolute atomic E-state index is 0.0210. The third kappa shape index (κ3) is 2.63. The van der Waals surface area contributed by atoms with E-state index in [1.54, 1.807) is 13.1 Å². The molecule has 118 valence electrons. The zero-order valence-electron chi connectivity index (χ0n) is 12.5. The summed E-state index contributed by atoms with van der Waals surface area (Å²) in [5.41, 5.74) is 0.340. The van der Waals surface area contributed by atoms with E-state index < -0.39 is 12.5 Å². The largest absolute Gasteiger partial charge is 0.341 e. The van der Waals surface area contributed by atoms with Gasteiger partial charge < -0.3 is 9.88 Å².